The van der Waals surface area contributed by atoms with Crippen LogP contribution >= 0.6 is 15.9 Å². The first kappa shape index (κ1) is 12.8. The van der Waals surface area contributed by atoms with Gasteiger partial charge in [-0.1, -0.05) is 22.9 Å². The first-order chi connectivity index (χ1) is 7.74. The molecule has 3 heteroatoms. The molecule has 0 saturated carbocycles. The topological polar surface area (TPSA) is 18.5 Å². The molecule has 2 heterocycles. The van der Waals surface area contributed by atoms with Crippen LogP contribution in [0.1, 0.15) is 45.4 Å². The summed E-state index contributed by atoms with van der Waals surface area (Å²) >= 11 is 3.72. The van der Waals surface area contributed by atoms with E-state index in [9.17, 15) is 0 Å². The fourth-order valence-corrected chi connectivity index (χ4v) is 3.12. The highest BCUT2D eigenvalue weighted by Gasteiger charge is 2.40. The summed E-state index contributed by atoms with van der Waals surface area (Å²) < 4.78 is 11.5. The van der Waals surface area contributed by atoms with Gasteiger partial charge in [-0.15, -0.1) is 0 Å². The molecule has 0 N–H and O–H groups in total. The third kappa shape index (κ3) is 3.21. The molecule has 2 aliphatic heterocycles. The molecule has 1 spiro atoms. The average Bonchev–Trinajstić information content (AvgIpc) is 2.74. The Labute approximate surface area is 107 Å². The molecule has 2 fully saturated rings. The lowest BCUT2D eigenvalue weighted by Crippen LogP contribution is -2.40. The Kier molecular flexibility index (Phi) is 4.68. The van der Waals surface area contributed by atoms with E-state index in [1.807, 2.05) is 0 Å². The van der Waals surface area contributed by atoms with Crippen molar-refractivity contribution in [3.63, 3.8) is 0 Å². The van der Waals surface area contributed by atoms with Crippen LogP contribution in [0.15, 0.2) is 0 Å². The highest BCUT2D eigenvalue weighted by atomic mass is 79.9. The van der Waals surface area contributed by atoms with E-state index in [1.54, 1.807) is 0 Å². The Morgan fingerprint density at radius 2 is 2.31 bits per heavy atom. The standard InChI is InChI=1S/C13H23BrO2/c1-2-12(14)4-3-11-5-7-16-13(9-11)6-8-15-10-13/h11-12H,2-10H2,1H3. The molecule has 2 nitrogen and oxygen atoms in total. The van der Waals surface area contributed by atoms with E-state index in [-0.39, 0.29) is 5.60 Å². The van der Waals surface area contributed by atoms with Gasteiger partial charge in [-0.2, -0.15) is 0 Å². The second kappa shape index (κ2) is 5.83. The molecule has 0 aromatic rings. The summed E-state index contributed by atoms with van der Waals surface area (Å²) in [5.41, 5.74) is 0.0942. The summed E-state index contributed by atoms with van der Waals surface area (Å²) in [6, 6.07) is 0. The zero-order chi connectivity index (χ0) is 11.4. The van der Waals surface area contributed by atoms with E-state index in [0.717, 1.165) is 32.2 Å². The molecular weight excluding hydrogens is 268 g/mol. The van der Waals surface area contributed by atoms with Crippen molar-refractivity contribution in [2.45, 2.75) is 55.9 Å². The molecule has 0 aliphatic carbocycles. The number of ether oxygens (including phenoxy) is 2. The van der Waals surface area contributed by atoms with Gasteiger partial charge in [0, 0.05) is 24.5 Å². The maximum absolute atomic E-state index is 5.95. The zero-order valence-electron chi connectivity index (χ0n) is 10.2. The van der Waals surface area contributed by atoms with E-state index in [4.69, 9.17) is 9.47 Å². The monoisotopic (exact) mass is 290 g/mol. The average molecular weight is 291 g/mol. The van der Waals surface area contributed by atoms with Gasteiger partial charge in [-0.3, -0.25) is 0 Å². The second-order valence-corrected chi connectivity index (χ2v) is 6.57. The third-order valence-corrected chi connectivity index (χ3v) is 5.10. The molecule has 94 valence electrons. The van der Waals surface area contributed by atoms with Crippen molar-refractivity contribution in [2.24, 2.45) is 5.92 Å². The van der Waals surface area contributed by atoms with Gasteiger partial charge in [0.15, 0.2) is 0 Å². The summed E-state index contributed by atoms with van der Waals surface area (Å²) in [4.78, 5) is 0.700. The van der Waals surface area contributed by atoms with Gasteiger partial charge in [0.2, 0.25) is 0 Å². The fourth-order valence-electron chi connectivity index (χ4n) is 2.86. The van der Waals surface area contributed by atoms with Gasteiger partial charge >= 0.3 is 0 Å². The molecule has 2 rings (SSSR count). The van der Waals surface area contributed by atoms with Crippen molar-refractivity contribution in [1.82, 2.24) is 0 Å². The minimum atomic E-state index is 0.0942. The molecule has 0 radical (unpaired) electrons. The lowest BCUT2D eigenvalue weighted by molar-refractivity contribution is -0.0989. The summed E-state index contributed by atoms with van der Waals surface area (Å²) in [5, 5.41) is 0. The highest BCUT2D eigenvalue weighted by Crippen LogP contribution is 2.37. The summed E-state index contributed by atoms with van der Waals surface area (Å²) in [7, 11) is 0. The highest BCUT2D eigenvalue weighted by molar-refractivity contribution is 9.09. The lowest BCUT2D eigenvalue weighted by Gasteiger charge is -2.37. The van der Waals surface area contributed by atoms with Gasteiger partial charge in [0.05, 0.1) is 12.2 Å². The maximum atomic E-state index is 5.95. The third-order valence-electron chi connectivity index (χ3n) is 3.99. The van der Waals surface area contributed by atoms with Crippen molar-refractivity contribution in [1.29, 1.82) is 0 Å². The van der Waals surface area contributed by atoms with Gasteiger partial charge in [-0.25, -0.2) is 0 Å². The van der Waals surface area contributed by atoms with Crippen LogP contribution in [0, 0.1) is 5.92 Å². The van der Waals surface area contributed by atoms with E-state index in [1.165, 1.54) is 32.1 Å². The number of rotatable bonds is 4. The molecule has 0 aromatic heterocycles. The summed E-state index contributed by atoms with van der Waals surface area (Å²) in [6.45, 7) is 4.90. The SMILES string of the molecule is CCC(Br)CCC1CCOC2(CCOC2)C1. The number of halogens is 1. The van der Waals surface area contributed by atoms with Crippen molar-refractivity contribution >= 4 is 15.9 Å². The molecule has 2 aliphatic rings. The minimum Gasteiger partial charge on any atom is -0.378 e. The summed E-state index contributed by atoms with van der Waals surface area (Å²) in [5.74, 6) is 0.849. The molecule has 0 bridgehead atoms. The van der Waals surface area contributed by atoms with Gasteiger partial charge in [0.25, 0.3) is 0 Å². The van der Waals surface area contributed by atoms with Crippen LogP contribution in [0.5, 0.6) is 0 Å². The smallest absolute Gasteiger partial charge is 0.0939 e. The predicted octanol–water partition coefficient (Wildman–Crippen LogP) is 3.53. The van der Waals surface area contributed by atoms with Crippen LogP contribution in [0.25, 0.3) is 0 Å². The number of hydrogen-bond acceptors (Lipinski definition) is 2. The molecule has 3 atom stereocenters. The Hall–Kier alpha value is 0.400. The van der Waals surface area contributed by atoms with Gasteiger partial charge in [-0.05, 0) is 38.0 Å². The first-order valence-electron chi connectivity index (χ1n) is 6.60. The fraction of sp³-hybridized carbons (Fsp3) is 1.00. The van der Waals surface area contributed by atoms with E-state index >= 15 is 0 Å². The van der Waals surface area contributed by atoms with Crippen molar-refractivity contribution < 1.29 is 9.47 Å². The Morgan fingerprint density at radius 3 is 3.00 bits per heavy atom. The minimum absolute atomic E-state index is 0.0942. The molecule has 0 aromatic carbocycles. The van der Waals surface area contributed by atoms with Gasteiger partial charge in [0.1, 0.15) is 0 Å². The predicted molar refractivity (Wildman–Crippen MR) is 69.1 cm³/mol. The molecule has 0 amide bonds. The molecule has 2 saturated heterocycles. The van der Waals surface area contributed by atoms with E-state index in [2.05, 4.69) is 22.9 Å². The van der Waals surface area contributed by atoms with Crippen molar-refractivity contribution in [3.8, 4) is 0 Å². The Balaban J connectivity index is 1.78. The first-order valence-corrected chi connectivity index (χ1v) is 7.51. The van der Waals surface area contributed by atoms with Crippen LogP contribution in [-0.4, -0.2) is 30.2 Å². The Bertz CT molecular complexity index is 214. The van der Waals surface area contributed by atoms with Crippen molar-refractivity contribution in [2.75, 3.05) is 19.8 Å². The lowest BCUT2D eigenvalue weighted by atomic mass is 9.82. The molecule has 3 unspecified atom stereocenters. The summed E-state index contributed by atoms with van der Waals surface area (Å²) in [6.07, 6.45) is 7.45. The van der Waals surface area contributed by atoms with Crippen LogP contribution in [-0.2, 0) is 9.47 Å². The van der Waals surface area contributed by atoms with Crippen LogP contribution < -0.4 is 0 Å². The molecular formula is C13H23BrO2. The van der Waals surface area contributed by atoms with Crippen molar-refractivity contribution in [3.05, 3.63) is 0 Å². The number of hydrogen-bond donors (Lipinski definition) is 0. The zero-order valence-corrected chi connectivity index (χ0v) is 11.8. The van der Waals surface area contributed by atoms with Crippen LogP contribution in [0.2, 0.25) is 0 Å². The second-order valence-electron chi connectivity index (χ2n) is 5.28. The van der Waals surface area contributed by atoms with Gasteiger partial charge < -0.3 is 9.47 Å². The van der Waals surface area contributed by atoms with E-state index < -0.39 is 0 Å². The largest absolute Gasteiger partial charge is 0.378 e. The maximum Gasteiger partial charge on any atom is 0.0939 e. The molecule has 16 heavy (non-hydrogen) atoms. The quantitative estimate of drug-likeness (QED) is 0.738. The van der Waals surface area contributed by atoms with Crippen LogP contribution in [0.3, 0.4) is 0 Å². The normalized spacial score (nSPS) is 36.8. The van der Waals surface area contributed by atoms with E-state index in [0.29, 0.717) is 4.83 Å². The Morgan fingerprint density at radius 1 is 1.44 bits per heavy atom. The van der Waals surface area contributed by atoms with Crippen LogP contribution in [0.4, 0.5) is 0 Å². The number of alkyl halides is 1.